The number of pyridine rings is 1. The van der Waals surface area contributed by atoms with E-state index in [-0.39, 0.29) is 12.1 Å². The van der Waals surface area contributed by atoms with Crippen molar-refractivity contribution in [3.8, 4) is 11.5 Å². The zero-order valence-electron chi connectivity index (χ0n) is 15.8. The van der Waals surface area contributed by atoms with Gasteiger partial charge in [0.05, 0.1) is 5.52 Å². The topological polar surface area (TPSA) is 55.3 Å². The van der Waals surface area contributed by atoms with Crippen LogP contribution in [0.2, 0.25) is 0 Å². The van der Waals surface area contributed by atoms with E-state index in [1.165, 1.54) is 11.9 Å². The first-order chi connectivity index (χ1) is 13.7. The van der Waals surface area contributed by atoms with E-state index in [1.807, 2.05) is 60.9 Å². The van der Waals surface area contributed by atoms with Crippen molar-refractivity contribution in [2.75, 3.05) is 26.0 Å². The van der Waals surface area contributed by atoms with Gasteiger partial charge in [-0.05, 0) is 42.0 Å². The number of halogens is 1. The Morgan fingerprint density at radius 2 is 1.89 bits per heavy atom. The molecule has 0 amide bonds. The van der Waals surface area contributed by atoms with E-state index in [0.717, 1.165) is 16.7 Å². The molecule has 2 aromatic carbocycles. The zero-order chi connectivity index (χ0) is 19.8. The van der Waals surface area contributed by atoms with Crippen LogP contribution in [0.4, 0.5) is 4.39 Å². The van der Waals surface area contributed by atoms with Crippen LogP contribution in [-0.4, -0.2) is 30.6 Å². The average Bonchev–Trinajstić information content (AvgIpc) is 2.71. The van der Waals surface area contributed by atoms with Crippen LogP contribution < -0.4 is 20.3 Å². The van der Waals surface area contributed by atoms with Gasteiger partial charge in [-0.25, -0.2) is 4.39 Å². The van der Waals surface area contributed by atoms with Gasteiger partial charge in [0.25, 0.3) is 5.56 Å². The lowest BCUT2D eigenvalue weighted by Crippen LogP contribution is -2.30. The largest absolute Gasteiger partial charge is 0.457 e. The highest BCUT2D eigenvalue weighted by Crippen LogP contribution is 2.25. The summed E-state index contributed by atoms with van der Waals surface area (Å²) in [6, 6.07) is 17.1. The molecule has 0 bridgehead atoms. The summed E-state index contributed by atoms with van der Waals surface area (Å²) in [7, 11) is 0. The van der Waals surface area contributed by atoms with E-state index in [4.69, 9.17) is 4.74 Å². The molecule has 0 fully saturated rings. The first-order valence-electron chi connectivity index (χ1n) is 9.15. The van der Waals surface area contributed by atoms with Gasteiger partial charge in [-0.2, -0.15) is 0 Å². The van der Waals surface area contributed by atoms with Gasteiger partial charge in [0.1, 0.15) is 18.2 Å². The van der Waals surface area contributed by atoms with Crippen molar-refractivity contribution in [1.82, 2.24) is 14.6 Å². The first kappa shape index (κ1) is 20.4. The van der Waals surface area contributed by atoms with Gasteiger partial charge < -0.3 is 14.6 Å². The maximum Gasteiger partial charge on any atom is 0.255 e. The third-order valence-electron chi connectivity index (χ3n) is 4.29. The van der Waals surface area contributed by atoms with Crippen LogP contribution >= 0.6 is 11.9 Å². The summed E-state index contributed by atoms with van der Waals surface area (Å²) in [5.74, 6) is 1.42. The van der Waals surface area contributed by atoms with E-state index < -0.39 is 6.67 Å². The van der Waals surface area contributed by atoms with Crippen molar-refractivity contribution < 1.29 is 9.13 Å². The quantitative estimate of drug-likeness (QED) is 0.401. The summed E-state index contributed by atoms with van der Waals surface area (Å²) in [4.78, 5) is 13.0. The van der Waals surface area contributed by atoms with Crippen molar-refractivity contribution >= 4 is 22.9 Å². The van der Waals surface area contributed by atoms with E-state index in [1.54, 1.807) is 4.57 Å². The van der Waals surface area contributed by atoms with Gasteiger partial charge >= 0.3 is 0 Å². The molecule has 0 saturated heterocycles. The fourth-order valence-electron chi connectivity index (χ4n) is 3.00. The number of ether oxygens (including phenoxy) is 1. The van der Waals surface area contributed by atoms with Gasteiger partial charge in [0.15, 0.2) is 0 Å². The molecule has 0 spiro atoms. The lowest BCUT2D eigenvalue weighted by molar-refractivity contribution is 0.466. The molecule has 0 aliphatic carbocycles. The molecule has 1 aromatic heterocycles. The van der Waals surface area contributed by atoms with Crippen LogP contribution in [0.3, 0.4) is 0 Å². The maximum absolute atomic E-state index is 13.0. The average molecular weight is 402 g/mol. The van der Waals surface area contributed by atoms with Crippen LogP contribution in [0.5, 0.6) is 11.5 Å². The minimum atomic E-state index is -0.459. The van der Waals surface area contributed by atoms with Crippen LogP contribution in [0.15, 0.2) is 59.4 Å². The molecule has 2 N–H and O–H groups in total. The van der Waals surface area contributed by atoms with Crippen molar-refractivity contribution in [2.45, 2.75) is 13.1 Å². The Bertz CT molecular complexity index is 963. The minimum Gasteiger partial charge on any atom is -0.457 e. The molecule has 0 atom stereocenters. The van der Waals surface area contributed by atoms with Gasteiger partial charge in [-0.15, -0.1) is 0 Å². The molecule has 3 aromatic rings. The summed E-state index contributed by atoms with van der Waals surface area (Å²) in [6.45, 7) is 1.30. The van der Waals surface area contributed by atoms with Crippen molar-refractivity contribution in [1.29, 1.82) is 0 Å². The second kappa shape index (κ2) is 10.3. The number of hydrogen-bond acceptors (Lipinski definition) is 5. The van der Waals surface area contributed by atoms with Crippen molar-refractivity contribution in [2.24, 2.45) is 0 Å². The Morgan fingerprint density at radius 3 is 2.64 bits per heavy atom. The highest BCUT2D eigenvalue weighted by atomic mass is 32.2. The summed E-state index contributed by atoms with van der Waals surface area (Å²) < 4.78 is 23.2. The number of hydrogen-bond donors (Lipinski definition) is 2. The number of aromatic nitrogens is 1. The number of nitrogens with one attached hydrogen (secondary N) is 2. The zero-order valence-corrected chi connectivity index (χ0v) is 16.6. The Kier molecular flexibility index (Phi) is 7.47. The second-order valence-corrected chi connectivity index (χ2v) is 6.92. The minimum absolute atomic E-state index is 0.0707. The van der Waals surface area contributed by atoms with E-state index in [2.05, 4.69) is 10.0 Å². The number of benzene rings is 2. The van der Waals surface area contributed by atoms with Crippen LogP contribution in [-0.2, 0) is 13.1 Å². The number of alkyl halides is 1. The van der Waals surface area contributed by atoms with Crippen molar-refractivity contribution in [3.63, 3.8) is 0 Å². The summed E-state index contributed by atoms with van der Waals surface area (Å²) in [6.07, 6.45) is 1.95. The third-order valence-corrected chi connectivity index (χ3v) is 4.78. The van der Waals surface area contributed by atoms with Crippen LogP contribution in [0, 0.1) is 0 Å². The van der Waals surface area contributed by atoms with E-state index in [0.29, 0.717) is 30.9 Å². The molecule has 0 unspecified atom stereocenters. The predicted molar refractivity (Wildman–Crippen MR) is 114 cm³/mol. The lowest BCUT2D eigenvalue weighted by atomic mass is 10.1. The molecule has 28 heavy (non-hydrogen) atoms. The fourth-order valence-corrected chi connectivity index (χ4v) is 3.29. The number of rotatable bonds is 10. The fraction of sp³-hybridized carbons (Fsp3) is 0.286. The second-order valence-electron chi connectivity index (χ2n) is 6.23. The number of fused-ring (bicyclic) bond motifs is 1. The Hall–Kier alpha value is -2.35. The maximum atomic E-state index is 13.0. The molecule has 0 aliphatic rings. The van der Waals surface area contributed by atoms with E-state index >= 15 is 0 Å². The Labute approximate surface area is 168 Å². The molecule has 5 nitrogen and oxygen atoms in total. The molecular weight excluding hydrogens is 377 g/mol. The van der Waals surface area contributed by atoms with Gasteiger partial charge in [0, 0.05) is 37.8 Å². The first-order valence-corrected chi connectivity index (χ1v) is 10.4. The smallest absolute Gasteiger partial charge is 0.255 e. The molecule has 1 heterocycles. The molecule has 0 aliphatic heterocycles. The van der Waals surface area contributed by atoms with Crippen LogP contribution in [0.25, 0.3) is 10.9 Å². The third kappa shape index (κ3) is 5.13. The molecule has 3 rings (SSSR count). The molecular formula is C21H24FN3O2S. The Balaban J connectivity index is 1.98. The standard InChI is InChI=1S/C21H24FN3O2S/c1-28-24-11-12-25-20-14-19(27-18-5-3-2-4-6-18)8-7-16(20)13-17(21(25)26)15-23-10-9-22/h2-8,13-14,23-24H,9-12,15H2,1H3. The normalized spacial score (nSPS) is 11.1. The predicted octanol–water partition coefficient (Wildman–Crippen LogP) is 3.72. The summed E-state index contributed by atoms with van der Waals surface area (Å²) >= 11 is 1.51. The number of para-hydroxylation sites is 1. The molecule has 148 valence electrons. The Morgan fingerprint density at radius 1 is 1.07 bits per heavy atom. The van der Waals surface area contributed by atoms with E-state index in [9.17, 15) is 9.18 Å². The highest BCUT2D eigenvalue weighted by molar-refractivity contribution is 7.96. The highest BCUT2D eigenvalue weighted by Gasteiger charge is 2.11. The summed E-state index contributed by atoms with van der Waals surface area (Å²) in [5.41, 5.74) is 1.37. The lowest BCUT2D eigenvalue weighted by Gasteiger charge is -2.15. The molecule has 7 heteroatoms. The van der Waals surface area contributed by atoms with Crippen molar-refractivity contribution in [3.05, 3.63) is 70.5 Å². The SMILES string of the molecule is CSNCCn1c(=O)c(CNCCF)cc2ccc(Oc3ccccc3)cc21. The van der Waals surface area contributed by atoms with Gasteiger partial charge in [-0.1, -0.05) is 30.1 Å². The number of nitrogens with zero attached hydrogens (tertiary/aromatic N) is 1. The monoisotopic (exact) mass is 401 g/mol. The van der Waals surface area contributed by atoms with Gasteiger partial charge in [-0.3, -0.25) is 9.52 Å². The van der Waals surface area contributed by atoms with Crippen LogP contribution in [0.1, 0.15) is 5.56 Å². The molecule has 0 saturated carbocycles. The summed E-state index contributed by atoms with van der Waals surface area (Å²) in [5, 5.41) is 3.91. The van der Waals surface area contributed by atoms with Gasteiger partial charge in [0.2, 0.25) is 0 Å². The molecule has 0 radical (unpaired) electrons.